The molecule has 0 aliphatic carbocycles. The minimum Gasteiger partial charge on any atom is -0.461 e. The molecule has 0 saturated heterocycles. The number of benzene rings is 3. The third-order valence-electron chi connectivity index (χ3n) is 4.94. The number of nitrogens with one attached hydrogen (secondary N) is 1. The Hall–Kier alpha value is -4.47. The highest BCUT2D eigenvalue weighted by Crippen LogP contribution is 2.27. The number of carbonyl (C=O) groups is 2. The van der Waals surface area contributed by atoms with Crippen molar-refractivity contribution >= 4 is 17.6 Å². The maximum Gasteiger partial charge on any atom is 0.358 e. The number of aromatic nitrogens is 2. The van der Waals surface area contributed by atoms with E-state index in [9.17, 15) is 27.2 Å². The first-order chi connectivity index (χ1) is 16.8. The number of amides is 1. The first-order valence-electron chi connectivity index (χ1n) is 10.4. The summed E-state index contributed by atoms with van der Waals surface area (Å²) in [5, 5.41) is 6.67. The average Bonchev–Trinajstić information content (AvgIpc) is 3.29. The highest BCUT2D eigenvalue weighted by atomic mass is 19.2. The molecule has 6 nitrogen and oxygen atoms in total. The fraction of sp³-hybridized carbons (Fsp3) is 0.0800. The molecule has 35 heavy (non-hydrogen) atoms. The number of halogens is 4. The predicted octanol–water partition coefficient (Wildman–Crippen LogP) is 5.52. The molecule has 0 atom stereocenters. The highest BCUT2D eigenvalue weighted by molar-refractivity contribution is 6.04. The average molecular weight is 483 g/mol. The summed E-state index contributed by atoms with van der Waals surface area (Å²) < 4.78 is 60.9. The zero-order chi connectivity index (χ0) is 25.1. The van der Waals surface area contributed by atoms with Crippen molar-refractivity contribution in [2.45, 2.75) is 6.92 Å². The lowest BCUT2D eigenvalue weighted by Crippen LogP contribution is -2.15. The number of ether oxygens (including phenoxy) is 1. The molecule has 0 spiro atoms. The van der Waals surface area contributed by atoms with Crippen molar-refractivity contribution < 1.29 is 31.9 Å². The van der Waals surface area contributed by atoms with Gasteiger partial charge in [0.1, 0.15) is 5.82 Å². The molecule has 178 valence electrons. The molecule has 0 unspecified atom stereocenters. The van der Waals surface area contributed by atoms with Crippen molar-refractivity contribution in [1.82, 2.24) is 9.78 Å². The Balaban J connectivity index is 1.72. The fourth-order valence-electron chi connectivity index (χ4n) is 3.35. The van der Waals surface area contributed by atoms with Gasteiger partial charge in [-0.05, 0) is 55.5 Å². The van der Waals surface area contributed by atoms with Crippen LogP contribution in [0.4, 0.5) is 23.2 Å². The SMILES string of the molecule is CCOC(=O)c1cc(-c2cccc(NC(=O)c3ccc(F)c(F)c3F)c2)n(-c2cccc(F)c2)n1. The fourth-order valence-corrected chi connectivity index (χ4v) is 3.35. The topological polar surface area (TPSA) is 73.2 Å². The van der Waals surface area contributed by atoms with Gasteiger partial charge in [0.15, 0.2) is 23.1 Å². The number of rotatable bonds is 6. The molecule has 1 aromatic heterocycles. The summed E-state index contributed by atoms with van der Waals surface area (Å²) in [6.45, 7) is 1.77. The monoisotopic (exact) mass is 483 g/mol. The lowest BCUT2D eigenvalue weighted by molar-refractivity contribution is 0.0518. The van der Waals surface area contributed by atoms with Gasteiger partial charge in [0.05, 0.1) is 23.6 Å². The van der Waals surface area contributed by atoms with Crippen molar-refractivity contribution in [3.05, 3.63) is 101 Å². The van der Waals surface area contributed by atoms with Gasteiger partial charge in [-0.3, -0.25) is 4.79 Å². The molecule has 0 saturated carbocycles. The second-order valence-electron chi connectivity index (χ2n) is 7.28. The van der Waals surface area contributed by atoms with Crippen LogP contribution in [0.5, 0.6) is 0 Å². The maximum absolute atomic E-state index is 14.0. The third-order valence-corrected chi connectivity index (χ3v) is 4.94. The normalized spacial score (nSPS) is 10.8. The zero-order valence-electron chi connectivity index (χ0n) is 18.2. The number of anilines is 1. The molecule has 1 heterocycles. The Kier molecular flexibility index (Phi) is 6.63. The van der Waals surface area contributed by atoms with Crippen LogP contribution in [-0.4, -0.2) is 28.3 Å². The summed E-state index contributed by atoms with van der Waals surface area (Å²) in [4.78, 5) is 24.7. The molecule has 0 fully saturated rings. The van der Waals surface area contributed by atoms with Gasteiger partial charge in [0.25, 0.3) is 5.91 Å². The van der Waals surface area contributed by atoms with Crippen LogP contribution >= 0.6 is 0 Å². The van der Waals surface area contributed by atoms with Crippen molar-refractivity contribution in [2.75, 3.05) is 11.9 Å². The van der Waals surface area contributed by atoms with E-state index < -0.39 is 40.7 Å². The van der Waals surface area contributed by atoms with Gasteiger partial charge in [-0.1, -0.05) is 18.2 Å². The molecule has 0 bridgehead atoms. The van der Waals surface area contributed by atoms with Crippen LogP contribution in [0, 0.1) is 23.3 Å². The van der Waals surface area contributed by atoms with E-state index in [0.29, 0.717) is 23.0 Å². The minimum atomic E-state index is -1.75. The van der Waals surface area contributed by atoms with Gasteiger partial charge in [0, 0.05) is 11.3 Å². The Labute approximate surface area is 196 Å². The van der Waals surface area contributed by atoms with Crippen LogP contribution in [0.15, 0.2) is 66.7 Å². The Morgan fingerprint density at radius 3 is 2.46 bits per heavy atom. The van der Waals surface area contributed by atoms with Gasteiger partial charge in [-0.25, -0.2) is 27.0 Å². The summed E-state index contributed by atoms with van der Waals surface area (Å²) in [6.07, 6.45) is 0. The molecule has 0 aliphatic heterocycles. The molecular formula is C25H17F4N3O3. The van der Waals surface area contributed by atoms with E-state index in [2.05, 4.69) is 10.4 Å². The minimum absolute atomic E-state index is 0.0237. The number of esters is 1. The molecule has 3 aromatic carbocycles. The summed E-state index contributed by atoms with van der Waals surface area (Å²) in [7, 11) is 0. The first-order valence-corrected chi connectivity index (χ1v) is 10.4. The van der Waals surface area contributed by atoms with E-state index in [1.807, 2.05) is 0 Å². The van der Waals surface area contributed by atoms with Crippen LogP contribution in [0.2, 0.25) is 0 Å². The largest absolute Gasteiger partial charge is 0.461 e. The molecule has 4 rings (SSSR count). The van der Waals surface area contributed by atoms with Gasteiger partial charge in [0.2, 0.25) is 0 Å². The Morgan fingerprint density at radius 2 is 1.71 bits per heavy atom. The highest BCUT2D eigenvalue weighted by Gasteiger charge is 2.21. The number of hydrogen-bond donors (Lipinski definition) is 1. The lowest BCUT2D eigenvalue weighted by Gasteiger charge is -2.11. The van der Waals surface area contributed by atoms with Crippen molar-refractivity contribution in [3.8, 4) is 16.9 Å². The summed E-state index contributed by atoms with van der Waals surface area (Å²) in [5.41, 5.74) is 0.651. The molecule has 0 radical (unpaired) electrons. The van der Waals surface area contributed by atoms with Crippen LogP contribution in [0.3, 0.4) is 0 Å². The number of hydrogen-bond acceptors (Lipinski definition) is 4. The van der Waals surface area contributed by atoms with Gasteiger partial charge >= 0.3 is 5.97 Å². The van der Waals surface area contributed by atoms with E-state index in [0.717, 1.165) is 6.07 Å². The Bertz CT molecular complexity index is 1440. The van der Waals surface area contributed by atoms with Crippen molar-refractivity contribution in [2.24, 2.45) is 0 Å². The number of nitrogens with zero attached hydrogens (tertiary/aromatic N) is 2. The van der Waals surface area contributed by atoms with Crippen LogP contribution in [-0.2, 0) is 4.74 Å². The van der Waals surface area contributed by atoms with E-state index in [4.69, 9.17) is 4.74 Å². The van der Waals surface area contributed by atoms with E-state index in [1.165, 1.54) is 41.1 Å². The van der Waals surface area contributed by atoms with Crippen LogP contribution in [0.1, 0.15) is 27.8 Å². The second kappa shape index (κ2) is 9.80. The molecule has 1 N–H and O–H groups in total. The van der Waals surface area contributed by atoms with E-state index in [-0.39, 0.29) is 18.0 Å². The molecule has 0 aliphatic rings. The number of carbonyl (C=O) groups excluding carboxylic acids is 2. The standard InChI is InChI=1S/C25H17F4N3O3/c1-2-35-25(34)20-13-21(32(31-20)17-8-4-6-15(26)12-17)14-5-3-7-16(11-14)30-24(33)18-9-10-19(27)23(29)22(18)28/h3-13H,2H2,1H3,(H,30,33). The van der Waals surface area contributed by atoms with E-state index >= 15 is 0 Å². The summed E-state index contributed by atoms with van der Waals surface area (Å²) in [6, 6.07) is 14.7. The smallest absolute Gasteiger partial charge is 0.358 e. The van der Waals surface area contributed by atoms with Crippen LogP contribution in [0.25, 0.3) is 16.9 Å². The predicted molar refractivity (Wildman–Crippen MR) is 119 cm³/mol. The van der Waals surface area contributed by atoms with Crippen LogP contribution < -0.4 is 5.32 Å². The van der Waals surface area contributed by atoms with Crippen molar-refractivity contribution in [1.29, 1.82) is 0 Å². The van der Waals surface area contributed by atoms with Gasteiger partial charge < -0.3 is 10.1 Å². The molecule has 10 heteroatoms. The second-order valence-corrected chi connectivity index (χ2v) is 7.28. The van der Waals surface area contributed by atoms with Gasteiger partial charge in [-0.2, -0.15) is 5.10 Å². The molecule has 1 amide bonds. The zero-order valence-corrected chi connectivity index (χ0v) is 18.2. The molecular weight excluding hydrogens is 466 g/mol. The lowest BCUT2D eigenvalue weighted by atomic mass is 10.1. The third kappa shape index (κ3) is 4.91. The summed E-state index contributed by atoms with van der Waals surface area (Å²) >= 11 is 0. The first kappa shape index (κ1) is 23.7. The molecule has 4 aromatic rings. The van der Waals surface area contributed by atoms with E-state index in [1.54, 1.807) is 25.1 Å². The quantitative estimate of drug-likeness (QED) is 0.223. The van der Waals surface area contributed by atoms with Gasteiger partial charge in [-0.15, -0.1) is 0 Å². The maximum atomic E-state index is 14.0. The Morgan fingerprint density at radius 1 is 0.943 bits per heavy atom. The summed E-state index contributed by atoms with van der Waals surface area (Å²) in [5.74, 6) is -6.97. The van der Waals surface area contributed by atoms with Crippen molar-refractivity contribution in [3.63, 3.8) is 0 Å².